The van der Waals surface area contributed by atoms with Crippen molar-refractivity contribution in [3.8, 4) is 0 Å². The van der Waals surface area contributed by atoms with Gasteiger partial charge in [0, 0.05) is 33.2 Å². The SMILES string of the molecule is CN=C(NCc1nnc(C)n1C)N1CCN(C2CC2)C(=O)C1. The average Bonchev–Trinajstić information content (AvgIpc) is 3.29. The highest BCUT2D eigenvalue weighted by molar-refractivity contribution is 5.87. The van der Waals surface area contributed by atoms with E-state index in [1.54, 1.807) is 7.05 Å². The highest BCUT2D eigenvalue weighted by Gasteiger charge is 2.36. The van der Waals surface area contributed by atoms with Crippen LogP contribution < -0.4 is 5.32 Å². The van der Waals surface area contributed by atoms with Crippen LogP contribution in [0.4, 0.5) is 0 Å². The van der Waals surface area contributed by atoms with E-state index in [1.165, 1.54) is 0 Å². The molecule has 120 valence electrons. The molecule has 0 spiro atoms. The lowest BCUT2D eigenvalue weighted by atomic mass is 10.3. The van der Waals surface area contributed by atoms with Gasteiger partial charge in [-0.05, 0) is 19.8 Å². The maximum Gasteiger partial charge on any atom is 0.242 e. The van der Waals surface area contributed by atoms with Crippen molar-refractivity contribution >= 4 is 11.9 Å². The van der Waals surface area contributed by atoms with Crippen LogP contribution in [0.5, 0.6) is 0 Å². The number of rotatable bonds is 3. The number of carbonyl (C=O) groups is 1. The topological polar surface area (TPSA) is 78.7 Å². The number of aliphatic imine (C=N–C) groups is 1. The predicted octanol–water partition coefficient (Wildman–Crippen LogP) is -0.494. The first-order chi connectivity index (χ1) is 10.6. The summed E-state index contributed by atoms with van der Waals surface area (Å²) in [6.07, 6.45) is 2.31. The Hall–Kier alpha value is -2.12. The molecule has 1 aromatic heterocycles. The Labute approximate surface area is 130 Å². The molecule has 0 bridgehead atoms. The van der Waals surface area contributed by atoms with E-state index in [4.69, 9.17) is 0 Å². The first kappa shape index (κ1) is 14.8. The normalized spacial score (nSPS) is 19.8. The Morgan fingerprint density at radius 2 is 2.14 bits per heavy atom. The summed E-state index contributed by atoms with van der Waals surface area (Å²) >= 11 is 0. The molecule has 8 nitrogen and oxygen atoms in total. The molecule has 8 heteroatoms. The van der Waals surface area contributed by atoms with Crippen LogP contribution in [0.25, 0.3) is 0 Å². The fourth-order valence-electron chi connectivity index (χ4n) is 2.73. The summed E-state index contributed by atoms with van der Waals surface area (Å²) in [6.45, 7) is 4.46. The lowest BCUT2D eigenvalue weighted by Crippen LogP contribution is -2.55. The fourth-order valence-corrected chi connectivity index (χ4v) is 2.73. The molecule has 1 saturated heterocycles. The standard InChI is InChI=1S/C14H23N7O/c1-10-17-18-12(19(10)3)8-16-14(15-2)20-6-7-21(11-4-5-11)13(22)9-20/h11H,4-9H2,1-3H3,(H,15,16). The minimum absolute atomic E-state index is 0.200. The van der Waals surface area contributed by atoms with Gasteiger partial charge >= 0.3 is 0 Å². The molecule has 1 saturated carbocycles. The zero-order valence-electron chi connectivity index (χ0n) is 13.4. The van der Waals surface area contributed by atoms with Crippen LogP contribution in [-0.2, 0) is 18.4 Å². The molecule has 2 fully saturated rings. The van der Waals surface area contributed by atoms with Crippen LogP contribution in [0.3, 0.4) is 0 Å². The van der Waals surface area contributed by atoms with Gasteiger partial charge in [-0.15, -0.1) is 10.2 Å². The zero-order valence-corrected chi connectivity index (χ0v) is 13.4. The number of amides is 1. The molecule has 2 aliphatic rings. The summed E-state index contributed by atoms with van der Waals surface area (Å²) in [5.41, 5.74) is 0. The maximum atomic E-state index is 12.2. The largest absolute Gasteiger partial charge is 0.349 e. The number of hydrogen-bond donors (Lipinski definition) is 1. The number of guanidine groups is 1. The van der Waals surface area contributed by atoms with Gasteiger partial charge in [0.05, 0.1) is 13.1 Å². The molecule has 22 heavy (non-hydrogen) atoms. The van der Waals surface area contributed by atoms with Crippen molar-refractivity contribution in [1.29, 1.82) is 0 Å². The van der Waals surface area contributed by atoms with Gasteiger partial charge in [-0.2, -0.15) is 0 Å². The molecule has 2 heterocycles. The van der Waals surface area contributed by atoms with Crippen molar-refractivity contribution in [2.45, 2.75) is 32.4 Å². The molecule has 1 N–H and O–H groups in total. The van der Waals surface area contributed by atoms with E-state index in [2.05, 4.69) is 20.5 Å². The van der Waals surface area contributed by atoms with E-state index in [0.717, 1.165) is 43.5 Å². The maximum absolute atomic E-state index is 12.2. The number of aryl methyl sites for hydroxylation is 1. The summed E-state index contributed by atoms with van der Waals surface area (Å²) in [7, 11) is 3.68. The molecule has 1 aromatic rings. The number of piperazine rings is 1. The molecule has 0 unspecified atom stereocenters. The van der Waals surface area contributed by atoms with Crippen molar-refractivity contribution < 1.29 is 4.79 Å². The van der Waals surface area contributed by atoms with Gasteiger partial charge < -0.3 is 19.7 Å². The molecule has 1 aliphatic heterocycles. The minimum atomic E-state index is 0.200. The second kappa shape index (κ2) is 5.94. The number of nitrogens with one attached hydrogen (secondary N) is 1. The second-order valence-electron chi connectivity index (χ2n) is 5.86. The van der Waals surface area contributed by atoms with Crippen molar-refractivity contribution in [3.63, 3.8) is 0 Å². The van der Waals surface area contributed by atoms with Gasteiger partial charge in [0.25, 0.3) is 0 Å². The van der Waals surface area contributed by atoms with E-state index < -0.39 is 0 Å². The third-order valence-corrected chi connectivity index (χ3v) is 4.34. The Balaban J connectivity index is 1.58. The number of hydrogen-bond acceptors (Lipinski definition) is 4. The van der Waals surface area contributed by atoms with Crippen LogP contribution in [0.15, 0.2) is 4.99 Å². The van der Waals surface area contributed by atoms with Crippen LogP contribution in [-0.4, -0.2) is 69.2 Å². The van der Waals surface area contributed by atoms with Crippen molar-refractivity contribution in [1.82, 2.24) is 29.9 Å². The number of nitrogens with zero attached hydrogens (tertiary/aromatic N) is 6. The van der Waals surface area contributed by atoms with Crippen LogP contribution in [0, 0.1) is 6.92 Å². The second-order valence-corrected chi connectivity index (χ2v) is 5.86. The predicted molar refractivity (Wildman–Crippen MR) is 82.2 cm³/mol. The quantitative estimate of drug-likeness (QED) is 0.602. The minimum Gasteiger partial charge on any atom is -0.349 e. The van der Waals surface area contributed by atoms with E-state index in [1.807, 2.05) is 28.3 Å². The van der Waals surface area contributed by atoms with E-state index in [0.29, 0.717) is 19.1 Å². The Morgan fingerprint density at radius 3 is 2.68 bits per heavy atom. The van der Waals surface area contributed by atoms with Crippen molar-refractivity contribution in [3.05, 3.63) is 11.6 Å². The molecule has 3 rings (SSSR count). The third kappa shape index (κ3) is 2.90. The average molecular weight is 305 g/mol. The molecule has 1 aliphatic carbocycles. The fraction of sp³-hybridized carbons (Fsp3) is 0.714. The third-order valence-electron chi connectivity index (χ3n) is 4.34. The highest BCUT2D eigenvalue weighted by Crippen LogP contribution is 2.27. The van der Waals surface area contributed by atoms with Crippen LogP contribution in [0.1, 0.15) is 24.5 Å². The molecule has 0 aromatic carbocycles. The molecular weight excluding hydrogens is 282 g/mol. The lowest BCUT2D eigenvalue weighted by Gasteiger charge is -2.36. The van der Waals surface area contributed by atoms with E-state index in [9.17, 15) is 4.79 Å². The lowest BCUT2D eigenvalue weighted by molar-refractivity contribution is -0.135. The van der Waals surface area contributed by atoms with Gasteiger partial charge in [0.15, 0.2) is 11.8 Å². The van der Waals surface area contributed by atoms with E-state index >= 15 is 0 Å². The van der Waals surface area contributed by atoms with Crippen molar-refractivity contribution in [2.24, 2.45) is 12.0 Å². The van der Waals surface area contributed by atoms with Crippen molar-refractivity contribution in [2.75, 3.05) is 26.7 Å². The first-order valence-electron chi connectivity index (χ1n) is 7.70. The summed E-state index contributed by atoms with van der Waals surface area (Å²) in [5, 5.41) is 11.4. The van der Waals surface area contributed by atoms with Gasteiger partial charge in [-0.1, -0.05) is 0 Å². The zero-order chi connectivity index (χ0) is 15.7. The Kier molecular flexibility index (Phi) is 4.00. The Morgan fingerprint density at radius 1 is 1.36 bits per heavy atom. The van der Waals surface area contributed by atoms with Gasteiger partial charge in [-0.25, -0.2) is 0 Å². The van der Waals surface area contributed by atoms with Crippen LogP contribution in [0.2, 0.25) is 0 Å². The molecular formula is C14H23N7O. The van der Waals surface area contributed by atoms with Gasteiger partial charge in [0.2, 0.25) is 5.91 Å². The number of carbonyl (C=O) groups excluding carboxylic acids is 1. The smallest absolute Gasteiger partial charge is 0.242 e. The first-order valence-corrected chi connectivity index (χ1v) is 7.70. The van der Waals surface area contributed by atoms with E-state index in [-0.39, 0.29) is 5.91 Å². The summed E-state index contributed by atoms with van der Waals surface area (Å²) in [6, 6.07) is 0.492. The molecule has 0 radical (unpaired) electrons. The molecule has 1 amide bonds. The number of aromatic nitrogens is 3. The summed E-state index contributed by atoms with van der Waals surface area (Å²) < 4.78 is 1.94. The summed E-state index contributed by atoms with van der Waals surface area (Å²) in [4.78, 5) is 20.5. The van der Waals surface area contributed by atoms with Gasteiger partial charge in [-0.3, -0.25) is 9.79 Å². The summed E-state index contributed by atoms with van der Waals surface area (Å²) in [5.74, 6) is 2.66. The van der Waals surface area contributed by atoms with Gasteiger partial charge in [0.1, 0.15) is 5.82 Å². The van der Waals surface area contributed by atoms with Crippen LogP contribution >= 0.6 is 0 Å². The Bertz CT molecular complexity index is 590. The molecule has 0 atom stereocenters. The monoisotopic (exact) mass is 305 g/mol. The highest BCUT2D eigenvalue weighted by atomic mass is 16.2.